The number of nitrogens with zero attached hydrogens (tertiary/aromatic N) is 4. The number of likely N-dealkylation sites (tertiary alicyclic amines) is 1. The molecule has 0 spiro atoms. The number of rotatable bonds is 5. The molecule has 0 saturated carbocycles. The number of carbonyl (C=O) groups excluding carboxylic acids is 1. The van der Waals surface area contributed by atoms with Crippen molar-refractivity contribution in [2.45, 2.75) is 44.6 Å². The monoisotopic (exact) mass is 488 g/mol. The van der Waals surface area contributed by atoms with Gasteiger partial charge in [-0.05, 0) is 62.2 Å². The molecule has 3 aromatic rings. The van der Waals surface area contributed by atoms with Crippen LogP contribution in [-0.2, 0) is 11.2 Å². The summed E-state index contributed by atoms with van der Waals surface area (Å²) in [6.07, 6.45) is 11.0. The molecule has 5 heterocycles. The van der Waals surface area contributed by atoms with Crippen molar-refractivity contribution in [2.75, 3.05) is 43.4 Å². The summed E-state index contributed by atoms with van der Waals surface area (Å²) < 4.78 is 1.18. The molecule has 182 valence electrons. The summed E-state index contributed by atoms with van der Waals surface area (Å²) in [5, 5.41) is 7.23. The Morgan fingerprint density at radius 1 is 1.11 bits per heavy atom. The van der Waals surface area contributed by atoms with Gasteiger partial charge in [0.15, 0.2) is 0 Å². The smallest absolute Gasteiger partial charge is 0.237 e. The number of pyridine rings is 1. The largest absolute Gasteiger partial charge is 0.363 e. The van der Waals surface area contributed by atoms with Crippen molar-refractivity contribution < 1.29 is 4.79 Å². The van der Waals surface area contributed by atoms with Crippen LogP contribution in [0, 0.1) is 0 Å². The fraction of sp³-hybridized carbons (Fsp3) is 0.444. The number of benzene rings is 1. The molecule has 7 nitrogen and oxygen atoms in total. The SMILES string of the molecule is O=C(CN1CCCCCC1)N1CC=C(C2Cc3c(Nc4ccc5ncsc5c4)ccnc3N2)CC1. The first kappa shape index (κ1) is 22.5. The van der Waals surface area contributed by atoms with E-state index in [9.17, 15) is 4.79 Å². The zero-order chi connectivity index (χ0) is 23.6. The van der Waals surface area contributed by atoms with Crippen LogP contribution in [0.1, 0.15) is 37.7 Å². The lowest BCUT2D eigenvalue weighted by Crippen LogP contribution is -2.43. The third-order valence-electron chi connectivity index (χ3n) is 7.49. The third kappa shape index (κ3) is 4.90. The molecule has 1 fully saturated rings. The zero-order valence-corrected chi connectivity index (χ0v) is 20.8. The van der Waals surface area contributed by atoms with Crippen LogP contribution < -0.4 is 10.6 Å². The van der Waals surface area contributed by atoms with E-state index in [1.807, 2.05) is 16.6 Å². The Morgan fingerprint density at radius 3 is 2.83 bits per heavy atom. The summed E-state index contributed by atoms with van der Waals surface area (Å²) in [6, 6.07) is 8.59. The van der Waals surface area contributed by atoms with Crippen LogP contribution in [0.15, 0.2) is 47.6 Å². The fourth-order valence-electron chi connectivity index (χ4n) is 5.49. The van der Waals surface area contributed by atoms with Crippen LogP contribution in [-0.4, -0.2) is 64.4 Å². The molecular formula is C27H32N6OS. The van der Waals surface area contributed by atoms with E-state index < -0.39 is 0 Å². The predicted molar refractivity (Wildman–Crippen MR) is 142 cm³/mol. The van der Waals surface area contributed by atoms with E-state index in [-0.39, 0.29) is 11.9 Å². The van der Waals surface area contributed by atoms with Gasteiger partial charge in [-0.2, -0.15) is 0 Å². The number of fused-ring (bicyclic) bond motifs is 2. The number of hydrogen-bond donors (Lipinski definition) is 2. The Balaban J connectivity index is 1.09. The van der Waals surface area contributed by atoms with Gasteiger partial charge >= 0.3 is 0 Å². The average Bonchev–Trinajstić information content (AvgIpc) is 3.46. The number of amides is 1. The van der Waals surface area contributed by atoms with Crippen molar-refractivity contribution in [3.63, 3.8) is 0 Å². The lowest BCUT2D eigenvalue weighted by atomic mass is 9.97. The first-order valence-corrected chi connectivity index (χ1v) is 13.6. The van der Waals surface area contributed by atoms with Crippen LogP contribution in [0.25, 0.3) is 10.2 Å². The van der Waals surface area contributed by atoms with Crippen LogP contribution in [0.5, 0.6) is 0 Å². The number of thiazole rings is 1. The van der Waals surface area contributed by atoms with Crippen molar-refractivity contribution in [1.82, 2.24) is 19.8 Å². The van der Waals surface area contributed by atoms with Gasteiger partial charge < -0.3 is 15.5 Å². The summed E-state index contributed by atoms with van der Waals surface area (Å²) >= 11 is 1.66. The van der Waals surface area contributed by atoms with E-state index in [2.05, 4.69) is 55.8 Å². The molecule has 8 heteroatoms. The highest BCUT2D eigenvalue weighted by molar-refractivity contribution is 7.16. The summed E-state index contributed by atoms with van der Waals surface area (Å²) in [5.41, 5.74) is 7.69. The maximum Gasteiger partial charge on any atom is 0.237 e. The standard InChI is InChI=1S/C27H32N6OS/c34-26(17-32-11-3-1-2-4-12-32)33-13-8-19(9-14-33)24-16-21-22(7-10-28-27(21)31-24)30-20-5-6-23-25(15-20)35-18-29-23/h5-8,10,15,18,24H,1-4,9,11-14,16-17H2,(H2,28,30,31). The van der Waals surface area contributed by atoms with Gasteiger partial charge in [-0.3, -0.25) is 9.69 Å². The molecule has 1 aromatic carbocycles. The number of hydrogen-bond acceptors (Lipinski definition) is 7. The van der Waals surface area contributed by atoms with E-state index in [1.165, 1.54) is 41.5 Å². The van der Waals surface area contributed by atoms with Gasteiger partial charge in [0, 0.05) is 42.6 Å². The van der Waals surface area contributed by atoms with Gasteiger partial charge in [0.2, 0.25) is 5.91 Å². The highest BCUT2D eigenvalue weighted by atomic mass is 32.1. The first-order valence-electron chi connectivity index (χ1n) is 12.8. The molecule has 2 N–H and O–H groups in total. The third-order valence-corrected chi connectivity index (χ3v) is 8.28. The molecule has 1 saturated heterocycles. The second-order valence-electron chi connectivity index (χ2n) is 9.81. The predicted octanol–water partition coefficient (Wildman–Crippen LogP) is 4.81. The molecule has 1 amide bonds. The maximum absolute atomic E-state index is 12.9. The highest BCUT2D eigenvalue weighted by Crippen LogP contribution is 2.36. The van der Waals surface area contributed by atoms with E-state index in [4.69, 9.17) is 0 Å². The minimum atomic E-state index is 0.243. The number of aromatic nitrogens is 2. The quantitative estimate of drug-likeness (QED) is 0.503. The van der Waals surface area contributed by atoms with E-state index in [0.717, 1.165) is 55.2 Å². The molecule has 6 rings (SSSR count). The Bertz CT molecular complexity index is 1250. The van der Waals surface area contributed by atoms with Crippen LogP contribution in [0.2, 0.25) is 0 Å². The lowest BCUT2D eigenvalue weighted by Gasteiger charge is -2.30. The van der Waals surface area contributed by atoms with Gasteiger partial charge in [0.05, 0.1) is 28.3 Å². The molecule has 3 aliphatic heterocycles. The molecule has 2 aromatic heterocycles. The maximum atomic E-state index is 12.9. The summed E-state index contributed by atoms with van der Waals surface area (Å²) in [7, 11) is 0. The molecule has 1 unspecified atom stereocenters. The number of carbonyl (C=O) groups is 1. The number of anilines is 3. The van der Waals surface area contributed by atoms with Crippen LogP contribution in [0.4, 0.5) is 17.2 Å². The van der Waals surface area contributed by atoms with Crippen molar-refractivity contribution in [3.05, 3.63) is 53.2 Å². The van der Waals surface area contributed by atoms with Crippen LogP contribution in [0.3, 0.4) is 0 Å². The van der Waals surface area contributed by atoms with Gasteiger partial charge in [0.25, 0.3) is 0 Å². The molecule has 3 aliphatic rings. The topological polar surface area (TPSA) is 73.4 Å². The molecule has 0 radical (unpaired) electrons. The molecular weight excluding hydrogens is 456 g/mol. The molecule has 1 atom stereocenters. The zero-order valence-electron chi connectivity index (χ0n) is 20.0. The van der Waals surface area contributed by atoms with Gasteiger partial charge in [0.1, 0.15) is 5.82 Å². The highest BCUT2D eigenvalue weighted by Gasteiger charge is 2.29. The Morgan fingerprint density at radius 2 is 2.00 bits per heavy atom. The Labute approximate surface area is 210 Å². The first-order chi connectivity index (χ1) is 17.2. The van der Waals surface area contributed by atoms with Gasteiger partial charge in [-0.1, -0.05) is 18.9 Å². The fourth-order valence-corrected chi connectivity index (χ4v) is 6.20. The van der Waals surface area contributed by atoms with Gasteiger partial charge in [-0.25, -0.2) is 9.97 Å². The normalized spacial score (nSPS) is 20.7. The van der Waals surface area contributed by atoms with E-state index >= 15 is 0 Å². The molecule has 0 aliphatic carbocycles. The summed E-state index contributed by atoms with van der Waals surface area (Å²) in [5.74, 6) is 1.23. The van der Waals surface area contributed by atoms with Crippen molar-refractivity contribution in [3.8, 4) is 0 Å². The average molecular weight is 489 g/mol. The van der Waals surface area contributed by atoms with E-state index in [0.29, 0.717) is 13.1 Å². The molecule has 35 heavy (non-hydrogen) atoms. The van der Waals surface area contributed by atoms with Gasteiger partial charge in [-0.15, -0.1) is 11.3 Å². The summed E-state index contributed by atoms with van der Waals surface area (Å²) in [6.45, 7) is 4.21. The Hall–Kier alpha value is -2.97. The number of nitrogens with one attached hydrogen (secondary N) is 2. The lowest BCUT2D eigenvalue weighted by molar-refractivity contribution is -0.132. The second-order valence-corrected chi connectivity index (χ2v) is 10.7. The Kier molecular flexibility index (Phi) is 6.39. The van der Waals surface area contributed by atoms with E-state index in [1.54, 1.807) is 11.3 Å². The minimum Gasteiger partial charge on any atom is -0.363 e. The van der Waals surface area contributed by atoms with Crippen molar-refractivity contribution in [1.29, 1.82) is 0 Å². The second kappa shape index (κ2) is 9.95. The summed E-state index contributed by atoms with van der Waals surface area (Å²) in [4.78, 5) is 26.2. The van der Waals surface area contributed by atoms with Crippen molar-refractivity contribution >= 4 is 44.7 Å². The molecule has 0 bridgehead atoms. The minimum absolute atomic E-state index is 0.243. The van der Waals surface area contributed by atoms with Crippen LogP contribution >= 0.6 is 11.3 Å². The van der Waals surface area contributed by atoms with Crippen molar-refractivity contribution in [2.24, 2.45) is 0 Å².